The van der Waals surface area contributed by atoms with Crippen molar-refractivity contribution in [1.29, 1.82) is 0 Å². The molecule has 1 fully saturated rings. The summed E-state index contributed by atoms with van der Waals surface area (Å²) >= 11 is 0. The first-order valence-electron chi connectivity index (χ1n) is 10.8. The van der Waals surface area contributed by atoms with Crippen LogP contribution in [0, 0.1) is 5.82 Å². The second-order valence-electron chi connectivity index (χ2n) is 8.16. The maximum absolute atomic E-state index is 14.4. The zero-order valence-corrected chi connectivity index (χ0v) is 17.9. The normalized spacial score (nSPS) is 14.8. The van der Waals surface area contributed by atoms with Gasteiger partial charge in [0.1, 0.15) is 5.82 Å². The Hall–Kier alpha value is -3.68. The molecule has 0 radical (unpaired) electrons. The number of hydrogen-bond acceptors (Lipinski definition) is 5. The molecule has 4 aromatic rings. The molecule has 0 unspecified atom stereocenters. The highest BCUT2D eigenvalue weighted by Crippen LogP contribution is 2.28. The number of aromatic amines is 1. The van der Waals surface area contributed by atoms with Gasteiger partial charge in [0, 0.05) is 44.0 Å². The second-order valence-corrected chi connectivity index (χ2v) is 8.16. The minimum Gasteiger partial charge on any atom is -0.342 e. The Morgan fingerprint density at radius 2 is 1.84 bits per heavy atom. The number of anilines is 2. The number of halogens is 1. The molecule has 32 heavy (non-hydrogen) atoms. The van der Waals surface area contributed by atoms with E-state index in [9.17, 15) is 9.18 Å². The highest BCUT2D eigenvalue weighted by atomic mass is 19.1. The highest BCUT2D eigenvalue weighted by Gasteiger charge is 2.27. The van der Waals surface area contributed by atoms with Crippen LogP contribution in [0.25, 0.3) is 11.0 Å². The topological polar surface area (TPSA) is 70.1 Å². The summed E-state index contributed by atoms with van der Waals surface area (Å²) in [7, 11) is 1.96. The average Bonchev–Trinajstić information content (AvgIpc) is 3.18. The molecule has 1 aliphatic heterocycles. The van der Waals surface area contributed by atoms with E-state index in [-0.39, 0.29) is 17.4 Å². The number of imidazole rings is 1. The molecule has 0 spiro atoms. The summed E-state index contributed by atoms with van der Waals surface area (Å²) in [4.78, 5) is 27.9. The number of piperidine rings is 1. The van der Waals surface area contributed by atoms with Crippen LogP contribution in [0.2, 0.25) is 0 Å². The van der Waals surface area contributed by atoms with Crippen LogP contribution in [0.1, 0.15) is 18.4 Å². The Morgan fingerprint density at radius 1 is 1.09 bits per heavy atom. The van der Waals surface area contributed by atoms with Crippen molar-refractivity contribution in [2.24, 2.45) is 0 Å². The van der Waals surface area contributed by atoms with Crippen LogP contribution in [-0.4, -0.2) is 45.7 Å². The maximum atomic E-state index is 14.4. The maximum Gasteiger partial charge on any atom is 0.252 e. The minimum absolute atomic E-state index is 0.152. The van der Waals surface area contributed by atoms with Crippen molar-refractivity contribution in [2.75, 3.05) is 29.9 Å². The number of nitrogens with one attached hydrogen (secondary N) is 1. The Morgan fingerprint density at radius 3 is 2.62 bits per heavy atom. The quantitative estimate of drug-likeness (QED) is 0.523. The van der Waals surface area contributed by atoms with Crippen molar-refractivity contribution in [3.8, 4) is 0 Å². The molecule has 1 N–H and O–H groups in total. The number of H-pyrrole nitrogens is 1. The Balaban J connectivity index is 1.40. The van der Waals surface area contributed by atoms with Crippen LogP contribution in [0.5, 0.6) is 0 Å². The van der Waals surface area contributed by atoms with Gasteiger partial charge in [-0.15, -0.1) is 0 Å². The van der Waals surface area contributed by atoms with E-state index in [0.29, 0.717) is 18.1 Å². The average molecular weight is 433 g/mol. The second kappa shape index (κ2) is 8.45. The van der Waals surface area contributed by atoms with Gasteiger partial charge in [-0.2, -0.15) is 0 Å². The lowest BCUT2D eigenvalue weighted by atomic mass is 10.0. The standard InChI is InChI=1S/C24H25FN6O/c1-29(23-26-13-10-22(32)28-23)18-11-14-30(15-12-18)24-27-20-8-4-5-9-21(20)31(24)16-17-6-2-3-7-19(17)25/h2-10,13,18H,11-12,14-16H2,1H3,(H,26,28,32). The minimum atomic E-state index is -0.207. The molecule has 0 saturated carbocycles. The Kier molecular flexibility index (Phi) is 5.34. The van der Waals surface area contributed by atoms with Crippen molar-refractivity contribution in [3.05, 3.63) is 82.5 Å². The fraction of sp³-hybridized carbons (Fsp3) is 0.292. The molecule has 7 nitrogen and oxygen atoms in total. The van der Waals surface area contributed by atoms with E-state index in [1.807, 2.05) is 48.3 Å². The van der Waals surface area contributed by atoms with Crippen molar-refractivity contribution in [3.63, 3.8) is 0 Å². The SMILES string of the molecule is CN(c1nccc(=O)[nH]1)C1CCN(c2nc3ccccc3n2Cc2ccccc2F)CC1. The molecule has 0 bridgehead atoms. The summed E-state index contributed by atoms with van der Waals surface area (Å²) < 4.78 is 16.5. The smallest absolute Gasteiger partial charge is 0.252 e. The van der Waals surface area contributed by atoms with Crippen LogP contribution in [0.15, 0.2) is 65.6 Å². The molecule has 2 aromatic carbocycles. The monoisotopic (exact) mass is 432 g/mol. The highest BCUT2D eigenvalue weighted by molar-refractivity contribution is 5.79. The van der Waals surface area contributed by atoms with Gasteiger partial charge in [0.05, 0.1) is 17.6 Å². The van der Waals surface area contributed by atoms with E-state index in [4.69, 9.17) is 4.98 Å². The van der Waals surface area contributed by atoms with Gasteiger partial charge in [-0.25, -0.2) is 14.4 Å². The van der Waals surface area contributed by atoms with E-state index in [0.717, 1.165) is 42.9 Å². The Bertz CT molecular complexity index is 1290. The van der Waals surface area contributed by atoms with Crippen LogP contribution in [-0.2, 0) is 6.54 Å². The molecule has 5 rings (SSSR count). The molecule has 1 saturated heterocycles. The van der Waals surface area contributed by atoms with Crippen LogP contribution in [0.3, 0.4) is 0 Å². The van der Waals surface area contributed by atoms with E-state index in [2.05, 4.69) is 19.4 Å². The van der Waals surface area contributed by atoms with Crippen molar-refractivity contribution in [1.82, 2.24) is 19.5 Å². The largest absolute Gasteiger partial charge is 0.342 e. The first-order chi connectivity index (χ1) is 15.6. The van der Waals surface area contributed by atoms with E-state index >= 15 is 0 Å². The molecule has 3 heterocycles. The third-order valence-electron chi connectivity index (χ3n) is 6.21. The molecule has 164 valence electrons. The summed E-state index contributed by atoms with van der Waals surface area (Å²) in [5.74, 6) is 1.24. The van der Waals surface area contributed by atoms with Crippen molar-refractivity contribution in [2.45, 2.75) is 25.4 Å². The number of para-hydroxylation sites is 2. The van der Waals surface area contributed by atoms with Gasteiger partial charge in [0.15, 0.2) is 0 Å². The predicted molar refractivity (Wildman–Crippen MR) is 124 cm³/mol. The molecular formula is C24H25FN6O. The lowest BCUT2D eigenvalue weighted by molar-refractivity contribution is 0.469. The van der Waals surface area contributed by atoms with Gasteiger partial charge in [-0.05, 0) is 31.0 Å². The van der Waals surface area contributed by atoms with E-state index in [1.165, 1.54) is 18.3 Å². The zero-order valence-electron chi connectivity index (χ0n) is 17.9. The molecular weight excluding hydrogens is 407 g/mol. The molecule has 0 atom stereocenters. The molecule has 0 aliphatic carbocycles. The van der Waals surface area contributed by atoms with Crippen molar-refractivity contribution >= 4 is 22.9 Å². The number of aromatic nitrogens is 4. The summed E-state index contributed by atoms with van der Waals surface area (Å²) in [5.41, 5.74) is 2.40. The van der Waals surface area contributed by atoms with E-state index < -0.39 is 0 Å². The fourth-order valence-electron chi connectivity index (χ4n) is 4.42. The predicted octanol–water partition coefficient (Wildman–Crippen LogP) is 3.41. The number of nitrogens with zero attached hydrogens (tertiary/aromatic N) is 5. The number of hydrogen-bond donors (Lipinski definition) is 1. The lowest BCUT2D eigenvalue weighted by Crippen LogP contribution is -2.45. The van der Waals surface area contributed by atoms with Gasteiger partial charge in [-0.3, -0.25) is 9.78 Å². The Labute approximate surface area is 185 Å². The number of benzene rings is 2. The third kappa shape index (κ3) is 3.84. The summed E-state index contributed by atoms with van der Waals surface area (Å²) in [6.45, 7) is 2.05. The third-order valence-corrected chi connectivity index (χ3v) is 6.21. The van der Waals surface area contributed by atoms with Gasteiger partial charge < -0.3 is 14.4 Å². The molecule has 2 aromatic heterocycles. The molecule has 8 heteroatoms. The van der Waals surface area contributed by atoms with Crippen LogP contribution in [0.4, 0.5) is 16.3 Å². The molecule has 1 aliphatic rings. The number of fused-ring (bicyclic) bond motifs is 1. The summed E-state index contributed by atoms with van der Waals surface area (Å²) in [5, 5.41) is 0. The summed E-state index contributed by atoms with van der Waals surface area (Å²) in [6, 6.07) is 16.6. The first kappa shape index (κ1) is 20.2. The van der Waals surface area contributed by atoms with Gasteiger partial charge >= 0.3 is 0 Å². The van der Waals surface area contributed by atoms with Gasteiger partial charge in [-0.1, -0.05) is 30.3 Å². The lowest BCUT2D eigenvalue weighted by Gasteiger charge is -2.37. The van der Waals surface area contributed by atoms with Crippen molar-refractivity contribution < 1.29 is 4.39 Å². The summed E-state index contributed by atoms with van der Waals surface area (Å²) in [6.07, 6.45) is 3.33. The van der Waals surface area contributed by atoms with Crippen LogP contribution >= 0.6 is 0 Å². The molecule has 0 amide bonds. The van der Waals surface area contributed by atoms with Gasteiger partial charge in [0.2, 0.25) is 11.9 Å². The zero-order chi connectivity index (χ0) is 22.1. The fourth-order valence-corrected chi connectivity index (χ4v) is 4.42. The number of rotatable bonds is 5. The van der Waals surface area contributed by atoms with Gasteiger partial charge in [0.25, 0.3) is 5.56 Å². The van der Waals surface area contributed by atoms with E-state index in [1.54, 1.807) is 6.07 Å². The van der Waals surface area contributed by atoms with Crippen LogP contribution < -0.4 is 15.4 Å². The first-order valence-corrected chi connectivity index (χ1v) is 10.8.